The summed E-state index contributed by atoms with van der Waals surface area (Å²) in [6.07, 6.45) is 11.5. The number of halogens is 1. The van der Waals surface area contributed by atoms with Crippen LogP contribution in [0.5, 0.6) is 0 Å². The Labute approximate surface area is 96.9 Å². The molecule has 0 aromatic carbocycles. The van der Waals surface area contributed by atoms with Crippen LogP contribution in [0.1, 0.15) is 37.7 Å². The van der Waals surface area contributed by atoms with Crippen LogP contribution in [-0.4, -0.2) is 10.4 Å². The second-order valence-corrected chi connectivity index (χ2v) is 5.03. The van der Waals surface area contributed by atoms with E-state index in [1.807, 2.05) is 12.4 Å². The van der Waals surface area contributed by atoms with Crippen molar-refractivity contribution in [2.24, 2.45) is 5.92 Å². The summed E-state index contributed by atoms with van der Waals surface area (Å²) in [7, 11) is 0. The first kappa shape index (κ1) is 10.9. The van der Waals surface area contributed by atoms with Crippen LogP contribution >= 0.6 is 11.6 Å². The van der Waals surface area contributed by atoms with Gasteiger partial charge in [0.2, 0.25) is 0 Å². The standard InChI is InChI=1S/C13H18ClN/c14-13(12-4-2-1-3-5-12)10-11-6-8-15-9-7-11/h6-9,12-13H,1-5,10H2. The smallest absolute Gasteiger partial charge is 0.0404 e. The van der Waals surface area contributed by atoms with Crippen molar-refractivity contribution in [3.63, 3.8) is 0 Å². The maximum atomic E-state index is 6.47. The van der Waals surface area contributed by atoms with E-state index < -0.39 is 0 Å². The molecule has 1 aromatic rings. The summed E-state index contributed by atoms with van der Waals surface area (Å²) in [5, 5.41) is 0.313. The van der Waals surface area contributed by atoms with Gasteiger partial charge >= 0.3 is 0 Å². The van der Waals surface area contributed by atoms with Crippen LogP contribution in [0.3, 0.4) is 0 Å². The Balaban J connectivity index is 1.88. The fraction of sp³-hybridized carbons (Fsp3) is 0.615. The highest BCUT2D eigenvalue weighted by Crippen LogP contribution is 2.30. The Kier molecular flexibility index (Phi) is 4.01. The summed E-state index contributed by atoms with van der Waals surface area (Å²) < 4.78 is 0. The molecule has 1 aliphatic rings. The van der Waals surface area contributed by atoms with Gasteiger partial charge in [-0.3, -0.25) is 4.98 Å². The molecule has 0 saturated heterocycles. The van der Waals surface area contributed by atoms with Gasteiger partial charge in [-0.1, -0.05) is 19.3 Å². The minimum absolute atomic E-state index is 0.313. The fourth-order valence-electron chi connectivity index (χ4n) is 2.41. The predicted molar refractivity (Wildman–Crippen MR) is 64.2 cm³/mol. The van der Waals surface area contributed by atoms with Gasteiger partial charge in [-0.15, -0.1) is 11.6 Å². The van der Waals surface area contributed by atoms with Crippen LogP contribution in [0.15, 0.2) is 24.5 Å². The van der Waals surface area contributed by atoms with Gasteiger partial charge in [0.05, 0.1) is 0 Å². The van der Waals surface area contributed by atoms with Gasteiger partial charge in [0.1, 0.15) is 0 Å². The van der Waals surface area contributed by atoms with Crippen LogP contribution in [0, 0.1) is 5.92 Å². The number of aromatic nitrogens is 1. The molecule has 1 aliphatic carbocycles. The second-order valence-electron chi connectivity index (χ2n) is 4.47. The quantitative estimate of drug-likeness (QED) is 0.711. The number of nitrogens with zero attached hydrogens (tertiary/aromatic N) is 1. The van der Waals surface area contributed by atoms with Crippen LogP contribution in [-0.2, 0) is 6.42 Å². The minimum atomic E-state index is 0.313. The van der Waals surface area contributed by atoms with Crippen LogP contribution in [0.2, 0.25) is 0 Å². The third kappa shape index (κ3) is 3.20. The van der Waals surface area contributed by atoms with Crippen molar-refractivity contribution in [2.75, 3.05) is 0 Å². The monoisotopic (exact) mass is 223 g/mol. The lowest BCUT2D eigenvalue weighted by Crippen LogP contribution is -2.20. The van der Waals surface area contributed by atoms with Crippen molar-refractivity contribution in [1.29, 1.82) is 0 Å². The summed E-state index contributed by atoms with van der Waals surface area (Å²) in [4.78, 5) is 4.02. The van der Waals surface area contributed by atoms with Gasteiger partial charge in [0.25, 0.3) is 0 Å². The fourth-order valence-corrected chi connectivity index (χ4v) is 2.84. The normalized spacial score (nSPS) is 20.1. The van der Waals surface area contributed by atoms with E-state index in [-0.39, 0.29) is 0 Å². The molecule has 2 rings (SSSR count). The van der Waals surface area contributed by atoms with E-state index in [1.165, 1.54) is 37.7 Å². The summed E-state index contributed by atoms with van der Waals surface area (Å²) in [5.74, 6) is 0.730. The van der Waals surface area contributed by atoms with Gasteiger partial charge in [0, 0.05) is 17.8 Å². The van der Waals surface area contributed by atoms with Gasteiger partial charge in [0.15, 0.2) is 0 Å². The lowest BCUT2D eigenvalue weighted by Gasteiger charge is -2.26. The van der Waals surface area contributed by atoms with Crippen molar-refractivity contribution in [2.45, 2.75) is 43.9 Å². The molecule has 1 aromatic heterocycles. The Bertz CT molecular complexity index is 280. The van der Waals surface area contributed by atoms with Crippen molar-refractivity contribution in [3.8, 4) is 0 Å². The predicted octanol–water partition coefficient (Wildman–Crippen LogP) is 3.81. The Morgan fingerprint density at radius 1 is 1.20 bits per heavy atom. The van der Waals surface area contributed by atoms with Crippen molar-refractivity contribution < 1.29 is 0 Å². The molecule has 0 N–H and O–H groups in total. The Morgan fingerprint density at radius 2 is 1.87 bits per heavy atom. The lowest BCUT2D eigenvalue weighted by molar-refractivity contribution is 0.344. The number of hydrogen-bond donors (Lipinski definition) is 0. The Hall–Kier alpha value is -0.560. The molecule has 0 radical (unpaired) electrons. The van der Waals surface area contributed by atoms with Crippen molar-refractivity contribution in [3.05, 3.63) is 30.1 Å². The van der Waals surface area contributed by atoms with Crippen LogP contribution < -0.4 is 0 Å². The largest absolute Gasteiger partial charge is 0.265 e. The first-order valence-corrected chi connectivity index (χ1v) is 6.33. The lowest BCUT2D eigenvalue weighted by atomic mass is 9.85. The summed E-state index contributed by atoms with van der Waals surface area (Å²) in [6, 6.07) is 4.14. The molecule has 0 bridgehead atoms. The zero-order valence-electron chi connectivity index (χ0n) is 9.03. The number of hydrogen-bond acceptors (Lipinski definition) is 1. The van der Waals surface area contributed by atoms with Gasteiger partial charge in [-0.05, 0) is 42.9 Å². The molecule has 0 aliphatic heterocycles. The molecule has 0 amide bonds. The highest BCUT2D eigenvalue weighted by Gasteiger charge is 2.21. The summed E-state index contributed by atoms with van der Waals surface area (Å²) in [5.41, 5.74) is 1.32. The average Bonchev–Trinajstić information content (AvgIpc) is 2.31. The summed E-state index contributed by atoms with van der Waals surface area (Å²) in [6.45, 7) is 0. The maximum Gasteiger partial charge on any atom is 0.0404 e. The molecule has 1 fully saturated rings. The van der Waals surface area contributed by atoms with Gasteiger partial charge < -0.3 is 0 Å². The first-order valence-electron chi connectivity index (χ1n) is 5.89. The van der Waals surface area contributed by atoms with Gasteiger partial charge in [-0.2, -0.15) is 0 Å². The molecule has 15 heavy (non-hydrogen) atoms. The average molecular weight is 224 g/mol. The molecule has 1 atom stereocenters. The maximum absolute atomic E-state index is 6.47. The SMILES string of the molecule is ClC(Cc1ccncc1)C1CCCCC1. The van der Waals surface area contributed by atoms with E-state index >= 15 is 0 Å². The van der Waals surface area contributed by atoms with Gasteiger partial charge in [-0.25, -0.2) is 0 Å². The molecule has 0 spiro atoms. The number of pyridine rings is 1. The first-order chi connectivity index (χ1) is 7.36. The van der Waals surface area contributed by atoms with E-state index in [1.54, 1.807) is 0 Å². The third-order valence-corrected chi connectivity index (χ3v) is 3.85. The highest BCUT2D eigenvalue weighted by molar-refractivity contribution is 6.20. The molecule has 1 saturated carbocycles. The molecule has 2 heteroatoms. The third-order valence-electron chi connectivity index (χ3n) is 3.34. The van der Waals surface area contributed by atoms with Crippen molar-refractivity contribution >= 4 is 11.6 Å². The molecular formula is C13H18ClN. The molecule has 82 valence electrons. The zero-order valence-corrected chi connectivity index (χ0v) is 9.79. The van der Waals surface area contributed by atoms with Crippen molar-refractivity contribution in [1.82, 2.24) is 4.98 Å². The van der Waals surface area contributed by atoms with E-state index in [2.05, 4.69) is 17.1 Å². The zero-order chi connectivity index (χ0) is 10.5. The summed E-state index contributed by atoms with van der Waals surface area (Å²) >= 11 is 6.47. The molecule has 1 nitrogen and oxygen atoms in total. The van der Waals surface area contributed by atoms with E-state index in [0.717, 1.165) is 12.3 Å². The second kappa shape index (κ2) is 5.50. The Morgan fingerprint density at radius 3 is 2.53 bits per heavy atom. The minimum Gasteiger partial charge on any atom is -0.265 e. The van der Waals surface area contributed by atoms with Crippen LogP contribution in [0.4, 0.5) is 0 Å². The highest BCUT2D eigenvalue weighted by atomic mass is 35.5. The molecule has 1 unspecified atom stereocenters. The van der Waals surface area contributed by atoms with Crippen LogP contribution in [0.25, 0.3) is 0 Å². The van der Waals surface area contributed by atoms with E-state index in [4.69, 9.17) is 11.6 Å². The number of rotatable bonds is 3. The van der Waals surface area contributed by atoms with E-state index in [9.17, 15) is 0 Å². The number of alkyl halides is 1. The van der Waals surface area contributed by atoms with E-state index in [0.29, 0.717) is 5.38 Å². The topological polar surface area (TPSA) is 12.9 Å². The molecule has 1 heterocycles. The molecular weight excluding hydrogens is 206 g/mol.